The van der Waals surface area contributed by atoms with Gasteiger partial charge in [0, 0.05) is 0 Å². The van der Waals surface area contributed by atoms with Crippen LogP contribution in [0.4, 0.5) is 0 Å². The second-order valence-corrected chi connectivity index (χ2v) is 7.58. The third kappa shape index (κ3) is 13.0. The molecular weight excluding hydrogens is 304 g/mol. The normalized spacial score (nSPS) is 12.2. The molecular formula is C24H42O. The maximum atomic E-state index is 5.82. The van der Waals surface area contributed by atoms with E-state index in [9.17, 15) is 0 Å². The van der Waals surface area contributed by atoms with Crippen LogP contribution in [0.1, 0.15) is 104 Å². The fourth-order valence-corrected chi connectivity index (χ4v) is 3.57. The molecule has 1 aromatic rings. The van der Waals surface area contributed by atoms with Gasteiger partial charge in [0.15, 0.2) is 0 Å². The van der Waals surface area contributed by atoms with Crippen molar-refractivity contribution in [1.82, 2.24) is 0 Å². The van der Waals surface area contributed by atoms with Crippen molar-refractivity contribution in [2.75, 3.05) is 6.61 Å². The van der Waals surface area contributed by atoms with Crippen LogP contribution in [-0.4, -0.2) is 6.61 Å². The van der Waals surface area contributed by atoms with E-state index in [2.05, 4.69) is 13.8 Å². The van der Waals surface area contributed by atoms with Gasteiger partial charge >= 0.3 is 0 Å². The van der Waals surface area contributed by atoms with E-state index in [1.807, 2.05) is 30.3 Å². The molecule has 0 spiro atoms. The molecule has 1 rings (SSSR count). The highest BCUT2D eigenvalue weighted by atomic mass is 16.5. The smallest absolute Gasteiger partial charge is 0.119 e. The van der Waals surface area contributed by atoms with Crippen LogP contribution in [0.5, 0.6) is 5.75 Å². The van der Waals surface area contributed by atoms with Gasteiger partial charge in [0.1, 0.15) is 5.75 Å². The van der Waals surface area contributed by atoms with E-state index in [1.54, 1.807) is 0 Å². The van der Waals surface area contributed by atoms with Crippen molar-refractivity contribution in [3.05, 3.63) is 30.3 Å². The Kier molecular flexibility index (Phi) is 14.5. The minimum atomic E-state index is 0.864. The van der Waals surface area contributed by atoms with Crippen molar-refractivity contribution in [3.63, 3.8) is 0 Å². The van der Waals surface area contributed by atoms with Crippen molar-refractivity contribution in [3.8, 4) is 5.75 Å². The van der Waals surface area contributed by atoms with Gasteiger partial charge in [-0.05, 0) is 30.9 Å². The monoisotopic (exact) mass is 346 g/mol. The van der Waals surface area contributed by atoms with Crippen molar-refractivity contribution < 1.29 is 4.74 Å². The van der Waals surface area contributed by atoms with Gasteiger partial charge in [0.25, 0.3) is 0 Å². The Morgan fingerprint density at radius 3 is 1.84 bits per heavy atom. The first kappa shape index (κ1) is 22.1. The molecule has 0 aliphatic carbocycles. The van der Waals surface area contributed by atoms with E-state index in [0.29, 0.717) is 0 Å². The highest BCUT2D eigenvalue weighted by Crippen LogP contribution is 2.23. The third-order valence-electron chi connectivity index (χ3n) is 5.20. The van der Waals surface area contributed by atoms with Crippen molar-refractivity contribution in [2.45, 2.75) is 104 Å². The molecule has 0 radical (unpaired) electrons. The largest absolute Gasteiger partial charge is 0.494 e. The number of unbranched alkanes of at least 4 members (excludes halogenated alkanes) is 8. The summed E-state index contributed by atoms with van der Waals surface area (Å²) in [5.74, 6) is 1.96. The molecule has 0 aliphatic rings. The highest BCUT2D eigenvalue weighted by molar-refractivity contribution is 5.20. The van der Waals surface area contributed by atoms with Crippen molar-refractivity contribution in [2.24, 2.45) is 5.92 Å². The molecule has 0 saturated carbocycles. The van der Waals surface area contributed by atoms with E-state index in [0.717, 1.165) is 18.3 Å². The maximum absolute atomic E-state index is 5.82. The van der Waals surface area contributed by atoms with Gasteiger partial charge in [-0.2, -0.15) is 0 Å². The number of ether oxygens (including phenoxy) is 1. The van der Waals surface area contributed by atoms with Gasteiger partial charge < -0.3 is 4.74 Å². The summed E-state index contributed by atoms with van der Waals surface area (Å²) in [7, 11) is 0. The molecule has 0 amide bonds. The lowest BCUT2D eigenvalue weighted by atomic mass is 9.90. The van der Waals surface area contributed by atoms with Gasteiger partial charge in [-0.1, -0.05) is 109 Å². The van der Waals surface area contributed by atoms with E-state index in [1.165, 1.54) is 89.9 Å². The predicted octanol–water partition coefficient (Wildman–Crippen LogP) is 8.18. The van der Waals surface area contributed by atoms with Gasteiger partial charge in [-0.3, -0.25) is 0 Å². The molecule has 1 nitrogen and oxygen atoms in total. The fraction of sp³-hybridized carbons (Fsp3) is 0.750. The van der Waals surface area contributed by atoms with Crippen LogP contribution < -0.4 is 4.74 Å². The average Bonchev–Trinajstić information content (AvgIpc) is 2.64. The topological polar surface area (TPSA) is 9.23 Å². The lowest BCUT2D eigenvalue weighted by molar-refractivity contribution is 0.292. The first-order valence-electron chi connectivity index (χ1n) is 11.0. The average molecular weight is 347 g/mol. The lowest BCUT2D eigenvalue weighted by Gasteiger charge is -2.17. The molecule has 0 N–H and O–H groups in total. The fourth-order valence-electron chi connectivity index (χ4n) is 3.57. The van der Waals surface area contributed by atoms with E-state index in [4.69, 9.17) is 4.74 Å². The van der Waals surface area contributed by atoms with E-state index >= 15 is 0 Å². The van der Waals surface area contributed by atoms with E-state index in [-0.39, 0.29) is 0 Å². The molecule has 1 unspecified atom stereocenters. The summed E-state index contributed by atoms with van der Waals surface area (Å²) in [5.41, 5.74) is 0. The molecule has 0 fully saturated rings. The zero-order valence-electron chi connectivity index (χ0n) is 17.0. The Morgan fingerprint density at radius 2 is 1.16 bits per heavy atom. The Labute approximate surface area is 157 Å². The minimum absolute atomic E-state index is 0.864. The van der Waals surface area contributed by atoms with Crippen molar-refractivity contribution in [1.29, 1.82) is 0 Å². The molecule has 1 aromatic carbocycles. The third-order valence-corrected chi connectivity index (χ3v) is 5.20. The number of rotatable bonds is 17. The summed E-state index contributed by atoms with van der Waals surface area (Å²) in [6.07, 6.45) is 19.5. The summed E-state index contributed by atoms with van der Waals surface area (Å²) in [5, 5.41) is 0. The number of hydrogen-bond donors (Lipinski definition) is 0. The second-order valence-electron chi connectivity index (χ2n) is 7.58. The van der Waals surface area contributed by atoms with E-state index < -0.39 is 0 Å². The Bertz CT molecular complexity index is 373. The summed E-state index contributed by atoms with van der Waals surface area (Å²) in [6.45, 7) is 5.47. The van der Waals surface area contributed by atoms with Gasteiger partial charge in [0.2, 0.25) is 0 Å². The van der Waals surface area contributed by atoms with Gasteiger partial charge in [-0.15, -0.1) is 0 Å². The molecule has 0 heterocycles. The summed E-state index contributed by atoms with van der Waals surface area (Å²) >= 11 is 0. The van der Waals surface area contributed by atoms with Crippen LogP contribution in [-0.2, 0) is 0 Å². The SMILES string of the molecule is CCCCCCCCC(CCCCC)CCCCOc1ccccc1. The molecule has 1 atom stereocenters. The zero-order valence-corrected chi connectivity index (χ0v) is 17.0. The van der Waals surface area contributed by atoms with Crippen LogP contribution in [0.2, 0.25) is 0 Å². The lowest BCUT2D eigenvalue weighted by Crippen LogP contribution is -2.03. The molecule has 1 heteroatoms. The quantitative estimate of drug-likeness (QED) is 0.258. The molecule has 0 saturated heterocycles. The van der Waals surface area contributed by atoms with Crippen LogP contribution >= 0.6 is 0 Å². The number of hydrogen-bond acceptors (Lipinski definition) is 1. The van der Waals surface area contributed by atoms with Gasteiger partial charge in [-0.25, -0.2) is 0 Å². The molecule has 25 heavy (non-hydrogen) atoms. The Balaban J connectivity index is 2.11. The standard InChI is InChI=1S/C24H42O/c1-3-5-7-8-9-12-18-23(17-11-6-4-2)19-15-16-22-25-24-20-13-10-14-21-24/h10,13-14,20-21,23H,3-9,11-12,15-19,22H2,1-2H3. The predicted molar refractivity (Wildman–Crippen MR) is 111 cm³/mol. The highest BCUT2D eigenvalue weighted by Gasteiger charge is 2.08. The summed E-state index contributed by atoms with van der Waals surface area (Å²) < 4.78 is 5.82. The minimum Gasteiger partial charge on any atom is -0.494 e. The number of para-hydroxylation sites is 1. The van der Waals surface area contributed by atoms with Crippen LogP contribution in [0.25, 0.3) is 0 Å². The molecule has 144 valence electrons. The second kappa shape index (κ2) is 16.5. The Hall–Kier alpha value is -0.980. The number of benzene rings is 1. The van der Waals surface area contributed by atoms with Gasteiger partial charge in [0.05, 0.1) is 6.61 Å². The Morgan fingerprint density at radius 1 is 0.640 bits per heavy atom. The first-order valence-corrected chi connectivity index (χ1v) is 11.0. The van der Waals surface area contributed by atoms with Crippen molar-refractivity contribution >= 4 is 0 Å². The summed E-state index contributed by atoms with van der Waals surface area (Å²) in [4.78, 5) is 0. The van der Waals surface area contributed by atoms with Crippen LogP contribution in [0.15, 0.2) is 30.3 Å². The maximum Gasteiger partial charge on any atom is 0.119 e. The zero-order chi connectivity index (χ0) is 18.0. The molecule has 0 aromatic heterocycles. The first-order chi connectivity index (χ1) is 12.4. The summed E-state index contributed by atoms with van der Waals surface area (Å²) in [6, 6.07) is 10.2. The van der Waals surface area contributed by atoms with Crippen LogP contribution in [0.3, 0.4) is 0 Å². The molecule has 0 aliphatic heterocycles. The molecule has 0 bridgehead atoms. The van der Waals surface area contributed by atoms with Crippen LogP contribution in [0, 0.1) is 5.92 Å².